The van der Waals surface area contributed by atoms with Gasteiger partial charge in [0.05, 0.1) is 42.4 Å². The van der Waals surface area contributed by atoms with Gasteiger partial charge >= 0.3 is 24.4 Å². The second-order valence-corrected chi connectivity index (χ2v) is 17.2. The number of amides is 4. The molecule has 4 N–H and O–H groups in total. The second kappa shape index (κ2) is 19.0. The van der Waals surface area contributed by atoms with Crippen molar-refractivity contribution in [2.45, 2.75) is 78.6 Å². The number of aromatic nitrogens is 2. The maximum atomic E-state index is 12.3. The van der Waals surface area contributed by atoms with Crippen LogP contribution in [0.1, 0.15) is 63.9 Å². The van der Waals surface area contributed by atoms with Crippen LogP contribution in [0, 0.1) is 0 Å². The molecule has 8 rings (SSSR count). The smallest absolute Gasteiger partial charge is 0.414 e. The van der Waals surface area contributed by atoms with Gasteiger partial charge in [0.25, 0.3) is 0 Å². The molecule has 4 aliphatic heterocycles. The van der Waals surface area contributed by atoms with Crippen LogP contribution in [0.4, 0.5) is 53.3 Å². The third-order valence-corrected chi connectivity index (χ3v) is 9.97. The highest BCUT2D eigenvalue weighted by atomic mass is 35.5. The molecule has 1 saturated heterocycles. The molecule has 61 heavy (non-hydrogen) atoms. The number of H-pyrrole nitrogens is 1. The maximum Gasteiger partial charge on any atom is 0.414 e. The van der Waals surface area contributed by atoms with Gasteiger partial charge in [-0.25, -0.2) is 24.2 Å². The number of carbonyl (C=O) groups is 4. The van der Waals surface area contributed by atoms with Crippen LogP contribution in [-0.2, 0) is 44.8 Å². The zero-order chi connectivity index (χ0) is 43.9. The van der Waals surface area contributed by atoms with Gasteiger partial charge in [0.15, 0.2) is 0 Å². The summed E-state index contributed by atoms with van der Waals surface area (Å²) in [6.07, 6.45) is 4.66. The van der Waals surface area contributed by atoms with Gasteiger partial charge < -0.3 is 34.6 Å². The Kier molecular flexibility index (Phi) is 13.9. The lowest BCUT2D eigenvalue weighted by molar-refractivity contribution is 0.0573. The van der Waals surface area contributed by atoms with Gasteiger partial charge in [-0.05, 0) is 114 Å². The summed E-state index contributed by atoms with van der Waals surface area (Å²) in [5.74, 6) is 0.240. The highest BCUT2D eigenvalue weighted by molar-refractivity contribution is 6.18. The fourth-order valence-corrected chi connectivity index (χ4v) is 7.20. The second-order valence-electron chi connectivity index (χ2n) is 16.8. The third kappa shape index (κ3) is 11.8. The molecular formula is C44H55ClN8O8. The summed E-state index contributed by atoms with van der Waals surface area (Å²) in [5.41, 5.74) is 14.3. The normalized spacial score (nSPS) is 15.1. The van der Waals surface area contributed by atoms with Crippen LogP contribution in [-0.4, -0.2) is 90.8 Å². The number of aromatic amines is 1. The van der Waals surface area contributed by atoms with Crippen molar-refractivity contribution in [3.63, 3.8) is 0 Å². The number of nitrogens with two attached hydrogens (primary N) is 1. The fraction of sp³-hybridized carbons (Fsp3) is 0.432. The molecule has 4 aromatic rings. The summed E-state index contributed by atoms with van der Waals surface area (Å²) < 4.78 is 20.7. The zero-order valence-corrected chi connectivity index (χ0v) is 36.3. The molecule has 17 heteroatoms. The molecule has 326 valence electrons. The molecule has 0 radical (unpaired) electrons. The number of nitrogens with zero attached hydrogens (tertiary/aromatic N) is 5. The van der Waals surface area contributed by atoms with Crippen molar-refractivity contribution in [2.24, 2.45) is 0 Å². The van der Waals surface area contributed by atoms with E-state index in [1.165, 1.54) is 11.3 Å². The number of nitrogens with one attached hydrogen (secondary N) is 2. The maximum absolute atomic E-state index is 12.3. The standard InChI is InChI=1S/C16H21ClN2O4.C15H16N4O2.C13H18N2O2/c1-16(2,3)23-15(21)19-8-6-11-4-5-12(10-13(11)19)18-14(20)22-9-7-17;20-15-19(5-6-21-15)13-2-1-11-3-4-18(14(11)7-13)9-12-8-16-10-17-12;1-13(2,3)17-12(16)15-7-6-9-4-5-10(14)8-11(9)15/h4-5,10H,6-9H2,1-3H3,(H,18,20);1-2,7-8,10H,3-6,9H2,(H,16,17);4-5,8H,6-7,14H2,1-3H3. The van der Waals surface area contributed by atoms with Crippen LogP contribution < -0.4 is 30.7 Å². The summed E-state index contributed by atoms with van der Waals surface area (Å²) >= 11 is 5.47. The van der Waals surface area contributed by atoms with Crippen molar-refractivity contribution < 1.29 is 38.1 Å². The summed E-state index contributed by atoms with van der Waals surface area (Å²) in [6, 6.07) is 17.3. The minimum Gasteiger partial charge on any atom is -0.448 e. The summed E-state index contributed by atoms with van der Waals surface area (Å²) in [6.45, 7) is 15.3. The first-order valence-corrected chi connectivity index (χ1v) is 20.8. The fourth-order valence-electron chi connectivity index (χ4n) is 7.12. The molecule has 16 nitrogen and oxygen atoms in total. The molecule has 5 heterocycles. The third-order valence-electron chi connectivity index (χ3n) is 9.82. The topological polar surface area (TPSA) is 185 Å². The van der Waals surface area contributed by atoms with Gasteiger partial charge in [-0.3, -0.25) is 20.0 Å². The number of imidazole rings is 1. The number of fused-ring (bicyclic) bond motifs is 3. The lowest BCUT2D eigenvalue weighted by Crippen LogP contribution is -2.35. The van der Waals surface area contributed by atoms with Crippen molar-refractivity contribution in [2.75, 3.05) is 75.9 Å². The molecule has 3 aromatic carbocycles. The Morgan fingerprint density at radius 2 is 1.43 bits per heavy atom. The van der Waals surface area contributed by atoms with E-state index in [0.29, 0.717) is 37.6 Å². The van der Waals surface area contributed by atoms with Gasteiger partial charge in [0.1, 0.15) is 24.4 Å². The monoisotopic (exact) mass is 858 g/mol. The van der Waals surface area contributed by atoms with Crippen molar-refractivity contribution in [1.29, 1.82) is 0 Å². The molecular weight excluding hydrogens is 804 g/mol. The Morgan fingerprint density at radius 1 is 0.820 bits per heavy atom. The zero-order valence-electron chi connectivity index (χ0n) is 35.6. The number of nitrogen functional groups attached to an aromatic ring is 1. The minimum atomic E-state index is -0.576. The average molecular weight is 859 g/mol. The average Bonchev–Trinajstić information content (AvgIpc) is 4.05. The largest absolute Gasteiger partial charge is 0.448 e. The molecule has 0 aliphatic carbocycles. The molecule has 1 aromatic heterocycles. The molecule has 4 amide bonds. The van der Waals surface area contributed by atoms with E-state index in [9.17, 15) is 19.2 Å². The lowest BCUT2D eigenvalue weighted by Gasteiger charge is -2.25. The summed E-state index contributed by atoms with van der Waals surface area (Å²) in [7, 11) is 0. The van der Waals surface area contributed by atoms with Crippen LogP contribution in [0.25, 0.3) is 0 Å². The molecule has 4 aliphatic rings. The van der Waals surface area contributed by atoms with E-state index in [2.05, 4.69) is 32.3 Å². The van der Waals surface area contributed by atoms with Crippen molar-refractivity contribution in [3.8, 4) is 0 Å². The van der Waals surface area contributed by atoms with Crippen LogP contribution in [0.15, 0.2) is 67.1 Å². The van der Waals surface area contributed by atoms with E-state index in [-0.39, 0.29) is 24.7 Å². The van der Waals surface area contributed by atoms with Gasteiger partial charge in [-0.1, -0.05) is 18.2 Å². The summed E-state index contributed by atoms with van der Waals surface area (Å²) in [4.78, 5) is 62.0. The van der Waals surface area contributed by atoms with Crippen LogP contribution in [0.5, 0.6) is 0 Å². The van der Waals surface area contributed by atoms with Crippen LogP contribution in [0.2, 0.25) is 0 Å². The number of halogens is 1. The van der Waals surface area contributed by atoms with Crippen LogP contribution >= 0.6 is 11.6 Å². The van der Waals surface area contributed by atoms with E-state index in [1.54, 1.807) is 33.2 Å². The van der Waals surface area contributed by atoms with E-state index in [1.807, 2.05) is 78.1 Å². The Balaban J connectivity index is 0.000000155. The van der Waals surface area contributed by atoms with Crippen molar-refractivity contribution in [3.05, 3.63) is 89.5 Å². The Morgan fingerprint density at radius 3 is 2.02 bits per heavy atom. The lowest BCUT2D eigenvalue weighted by atomic mass is 10.1. The number of rotatable bonds is 6. The molecule has 0 bridgehead atoms. The first-order chi connectivity index (χ1) is 29.0. The molecule has 0 saturated carbocycles. The Labute approximate surface area is 361 Å². The molecule has 0 unspecified atom stereocenters. The van der Waals surface area contributed by atoms with Gasteiger partial charge in [0.2, 0.25) is 0 Å². The predicted octanol–water partition coefficient (Wildman–Crippen LogP) is 8.27. The number of ether oxygens (including phenoxy) is 4. The first-order valence-electron chi connectivity index (χ1n) is 20.3. The van der Waals surface area contributed by atoms with E-state index in [0.717, 1.165) is 66.2 Å². The molecule has 0 atom stereocenters. The van der Waals surface area contributed by atoms with E-state index in [4.69, 9.17) is 36.3 Å². The SMILES string of the molecule is CC(C)(C)OC(=O)N1CCc2ccc(N)cc21.CC(C)(C)OC(=O)N1CCc2ccc(NC(=O)OCCCl)cc21.O=C1OCCN1c1ccc2c(c1)N(Cc1cnc[nH]1)CC2. The number of carbonyl (C=O) groups excluding carboxylic acids is 4. The highest BCUT2D eigenvalue weighted by Crippen LogP contribution is 2.35. The van der Waals surface area contributed by atoms with Crippen LogP contribution in [0.3, 0.4) is 0 Å². The number of anilines is 6. The van der Waals surface area contributed by atoms with Gasteiger partial charge in [-0.15, -0.1) is 11.6 Å². The predicted molar refractivity (Wildman–Crippen MR) is 236 cm³/mol. The highest BCUT2D eigenvalue weighted by Gasteiger charge is 2.31. The number of hydrogen-bond donors (Lipinski definition) is 3. The number of benzene rings is 3. The number of hydrogen-bond acceptors (Lipinski definition) is 11. The summed E-state index contributed by atoms with van der Waals surface area (Å²) in [5, 5.41) is 2.62. The first kappa shape index (κ1) is 44.4. The van der Waals surface area contributed by atoms with Crippen molar-refractivity contribution >= 4 is 70.1 Å². The van der Waals surface area contributed by atoms with Crippen molar-refractivity contribution in [1.82, 2.24) is 9.97 Å². The van der Waals surface area contributed by atoms with E-state index >= 15 is 0 Å². The van der Waals surface area contributed by atoms with Gasteiger partial charge in [-0.2, -0.15) is 0 Å². The quantitative estimate of drug-likeness (QED) is 0.0963. The minimum absolute atomic E-state index is 0.141. The molecule has 1 fully saturated rings. The molecule has 0 spiro atoms. The van der Waals surface area contributed by atoms with Gasteiger partial charge in [0, 0.05) is 48.6 Å². The Hall–Kier alpha value is -6.16. The number of cyclic esters (lactones) is 1. The van der Waals surface area contributed by atoms with E-state index < -0.39 is 23.4 Å². The Bertz CT molecular complexity index is 2200. The number of alkyl halides is 1.